The van der Waals surface area contributed by atoms with Crippen LogP contribution in [0.15, 0.2) is 34.5 Å². The minimum atomic E-state index is -0.913. The lowest BCUT2D eigenvalue weighted by atomic mass is 10.0. The summed E-state index contributed by atoms with van der Waals surface area (Å²) >= 11 is 0. The molecule has 1 atom stereocenters. The number of piperidine rings is 1. The molecule has 0 bridgehead atoms. The van der Waals surface area contributed by atoms with E-state index in [0.717, 1.165) is 82.0 Å². The quantitative estimate of drug-likeness (QED) is 0.623. The Morgan fingerprint density at radius 2 is 1.94 bits per heavy atom. The van der Waals surface area contributed by atoms with Crippen molar-refractivity contribution < 1.29 is 24.2 Å². The number of aliphatic carboxylic acids is 1. The highest BCUT2D eigenvalue weighted by Gasteiger charge is 2.27. The van der Waals surface area contributed by atoms with E-state index in [2.05, 4.69) is 39.4 Å². The summed E-state index contributed by atoms with van der Waals surface area (Å²) in [4.78, 5) is 18.6. The van der Waals surface area contributed by atoms with Crippen molar-refractivity contribution in [2.75, 3.05) is 52.5 Å². The van der Waals surface area contributed by atoms with Crippen LogP contribution in [-0.4, -0.2) is 97.7 Å². The van der Waals surface area contributed by atoms with Gasteiger partial charge >= 0.3 is 5.97 Å². The maximum absolute atomic E-state index is 10.6. The third-order valence-electron chi connectivity index (χ3n) is 5.77. The summed E-state index contributed by atoms with van der Waals surface area (Å²) in [5.74, 6) is -0.913. The molecule has 0 aromatic heterocycles. The second-order valence-electron chi connectivity index (χ2n) is 8.11. The number of oxime groups is 1. The lowest BCUT2D eigenvalue weighted by Gasteiger charge is -2.32. The van der Waals surface area contributed by atoms with E-state index in [-0.39, 0.29) is 18.8 Å². The molecule has 3 aliphatic rings. The first kappa shape index (κ1) is 21.7. The van der Waals surface area contributed by atoms with Crippen LogP contribution < -0.4 is 0 Å². The molecule has 0 saturated carbocycles. The average molecular weight is 431 g/mol. The van der Waals surface area contributed by atoms with Crippen LogP contribution in [0.3, 0.4) is 0 Å². The van der Waals surface area contributed by atoms with Crippen LogP contribution in [0.4, 0.5) is 0 Å². The number of carboxylic acid groups (broad SMARTS) is 1. The molecule has 168 valence electrons. The van der Waals surface area contributed by atoms with Crippen molar-refractivity contribution in [2.24, 2.45) is 10.3 Å². The summed E-state index contributed by atoms with van der Waals surface area (Å²) in [5, 5.41) is 19.6. The molecule has 2 saturated heterocycles. The molecule has 0 amide bonds. The summed E-state index contributed by atoms with van der Waals surface area (Å²) in [5.41, 5.74) is 3.10. The SMILES string of the molecule is O=C(O)COC1CCN(CC2CC(c3ccc(C=NN4CCOCC4)cc3)=NO2)CC1. The first-order valence-electron chi connectivity index (χ1n) is 10.9. The summed E-state index contributed by atoms with van der Waals surface area (Å²) < 4.78 is 10.7. The Morgan fingerprint density at radius 3 is 2.65 bits per heavy atom. The van der Waals surface area contributed by atoms with Crippen LogP contribution in [0.2, 0.25) is 0 Å². The van der Waals surface area contributed by atoms with E-state index in [1.165, 1.54) is 0 Å². The van der Waals surface area contributed by atoms with Gasteiger partial charge in [-0.15, -0.1) is 0 Å². The number of hydrogen-bond acceptors (Lipinski definition) is 8. The first-order chi connectivity index (χ1) is 15.2. The van der Waals surface area contributed by atoms with Gasteiger partial charge in [-0.05, 0) is 24.0 Å². The zero-order chi connectivity index (χ0) is 21.5. The Kier molecular flexibility index (Phi) is 7.50. The summed E-state index contributed by atoms with van der Waals surface area (Å²) in [7, 11) is 0. The van der Waals surface area contributed by atoms with Crippen LogP contribution in [0.25, 0.3) is 0 Å². The zero-order valence-corrected chi connectivity index (χ0v) is 17.7. The fourth-order valence-corrected chi connectivity index (χ4v) is 4.01. The largest absolute Gasteiger partial charge is 0.480 e. The maximum Gasteiger partial charge on any atom is 0.329 e. The zero-order valence-electron chi connectivity index (χ0n) is 17.7. The molecule has 1 unspecified atom stereocenters. The first-order valence-corrected chi connectivity index (χ1v) is 10.9. The maximum atomic E-state index is 10.6. The van der Waals surface area contributed by atoms with Crippen molar-refractivity contribution in [1.82, 2.24) is 9.91 Å². The summed E-state index contributed by atoms with van der Waals surface area (Å²) in [6, 6.07) is 8.24. The minimum Gasteiger partial charge on any atom is -0.480 e. The van der Waals surface area contributed by atoms with Crippen LogP contribution in [0.5, 0.6) is 0 Å². The molecule has 4 rings (SSSR count). The van der Waals surface area contributed by atoms with Crippen molar-refractivity contribution >= 4 is 17.9 Å². The van der Waals surface area contributed by atoms with E-state index in [1.807, 2.05) is 11.2 Å². The third kappa shape index (κ3) is 6.49. The molecule has 9 heteroatoms. The third-order valence-corrected chi connectivity index (χ3v) is 5.77. The van der Waals surface area contributed by atoms with E-state index in [9.17, 15) is 4.79 Å². The number of likely N-dealkylation sites (tertiary alicyclic amines) is 1. The normalized spacial score (nSPS) is 23.2. The molecule has 1 aromatic carbocycles. The van der Waals surface area contributed by atoms with E-state index < -0.39 is 5.97 Å². The van der Waals surface area contributed by atoms with Crippen LogP contribution in [0.1, 0.15) is 30.4 Å². The van der Waals surface area contributed by atoms with Crippen molar-refractivity contribution in [1.29, 1.82) is 0 Å². The minimum absolute atomic E-state index is 0.0361. The molecule has 9 nitrogen and oxygen atoms in total. The topological polar surface area (TPSA) is 96.2 Å². The van der Waals surface area contributed by atoms with Gasteiger partial charge in [0.25, 0.3) is 0 Å². The predicted octanol–water partition coefficient (Wildman–Crippen LogP) is 1.41. The number of morpholine rings is 1. The Bertz CT molecular complexity index is 784. The number of carboxylic acids is 1. The van der Waals surface area contributed by atoms with Gasteiger partial charge in [0.1, 0.15) is 12.7 Å². The monoisotopic (exact) mass is 430 g/mol. The van der Waals surface area contributed by atoms with Gasteiger partial charge in [-0.25, -0.2) is 4.79 Å². The fourth-order valence-electron chi connectivity index (χ4n) is 4.01. The highest BCUT2D eigenvalue weighted by Crippen LogP contribution is 2.20. The molecule has 31 heavy (non-hydrogen) atoms. The molecule has 0 aliphatic carbocycles. The molecule has 1 aromatic rings. The highest BCUT2D eigenvalue weighted by molar-refractivity contribution is 6.01. The lowest BCUT2D eigenvalue weighted by molar-refractivity contribution is -0.145. The molecular weight excluding hydrogens is 400 g/mol. The van der Waals surface area contributed by atoms with Crippen molar-refractivity contribution in [3.63, 3.8) is 0 Å². The van der Waals surface area contributed by atoms with Gasteiger partial charge < -0.3 is 19.4 Å². The number of carbonyl (C=O) groups is 1. The van der Waals surface area contributed by atoms with Crippen molar-refractivity contribution in [3.05, 3.63) is 35.4 Å². The van der Waals surface area contributed by atoms with Gasteiger partial charge in [-0.2, -0.15) is 5.10 Å². The fraction of sp³-hybridized carbons (Fsp3) is 0.591. The van der Waals surface area contributed by atoms with E-state index in [4.69, 9.17) is 19.4 Å². The number of hydrogen-bond donors (Lipinski definition) is 1. The number of ether oxygens (including phenoxy) is 2. The summed E-state index contributed by atoms with van der Waals surface area (Å²) in [6.45, 7) is 5.50. The molecule has 3 aliphatic heterocycles. The molecule has 0 spiro atoms. The van der Waals surface area contributed by atoms with Gasteiger partial charge in [-0.1, -0.05) is 29.4 Å². The molecule has 2 fully saturated rings. The van der Waals surface area contributed by atoms with Gasteiger partial charge in [0.15, 0.2) is 0 Å². The number of nitrogens with zero attached hydrogens (tertiary/aromatic N) is 4. The number of benzene rings is 1. The van der Waals surface area contributed by atoms with E-state index in [0.29, 0.717) is 0 Å². The van der Waals surface area contributed by atoms with Crippen LogP contribution in [-0.2, 0) is 19.1 Å². The van der Waals surface area contributed by atoms with E-state index >= 15 is 0 Å². The molecule has 0 radical (unpaired) electrons. The average Bonchev–Trinajstić information content (AvgIpc) is 3.27. The number of rotatable bonds is 8. The van der Waals surface area contributed by atoms with Gasteiger partial charge in [0, 0.05) is 26.1 Å². The second-order valence-corrected chi connectivity index (χ2v) is 8.11. The van der Waals surface area contributed by atoms with Gasteiger partial charge in [-0.3, -0.25) is 9.91 Å². The number of hydrazone groups is 1. The van der Waals surface area contributed by atoms with Crippen LogP contribution in [0, 0.1) is 0 Å². The predicted molar refractivity (Wildman–Crippen MR) is 116 cm³/mol. The second kappa shape index (κ2) is 10.7. The van der Waals surface area contributed by atoms with E-state index in [1.54, 1.807) is 0 Å². The Morgan fingerprint density at radius 1 is 1.19 bits per heavy atom. The van der Waals surface area contributed by atoms with Gasteiger partial charge in [0.2, 0.25) is 0 Å². The van der Waals surface area contributed by atoms with Crippen LogP contribution >= 0.6 is 0 Å². The van der Waals surface area contributed by atoms with Crippen molar-refractivity contribution in [3.8, 4) is 0 Å². The van der Waals surface area contributed by atoms with Crippen molar-refractivity contribution in [2.45, 2.75) is 31.5 Å². The Labute approximate surface area is 182 Å². The Hall–Kier alpha value is -2.49. The highest BCUT2D eigenvalue weighted by atomic mass is 16.6. The lowest BCUT2D eigenvalue weighted by Crippen LogP contribution is -2.41. The standard InChI is InChI=1S/C22H30N4O5/c27-22(28)16-30-19-5-7-25(8-6-19)15-20-13-21(24-31-20)18-3-1-17(2-4-18)14-23-26-9-11-29-12-10-26/h1-4,14,19-20H,5-13,15-16H2,(H,27,28). The molecule has 3 heterocycles. The summed E-state index contributed by atoms with van der Waals surface area (Å²) in [6.07, 6.45) is 4.45. The molecular formula is C22H30N4O5. The Balaban J connectivity index is 1.20. The van der Waals surface area contributed by atoms with Gasteiger partial charge in [0.05, 0.1) is 44.3 Å². The smallest absolute Gasteiger partial charge is 0.329 e. The molecule has 1 N–H and O–H groups in total.